The highest BCUT2D eigenvalue weighted by atomic mass is 32.2. The van der Waals surface area contributed by atoms with Crippen molar-refractivity contribution in [2.45, 2.75) is 10.8 Å². The summed E-state index contributed by atoms with van der Waals surface area (Å²) in [5.74, 6) is 0.168. The summed E-state index contributed by atoms with van der Waals surface area (Å²) in [6.07, 6.45) is 1.71. The number of pyridine rings is 1. The average Bonchev–Trinajstić information content (AvgIpc) is 2.38. The number of halogens is 1. The lowest BCUT2D eigenvalue weighted by Gasteiger charge is -2.02. The van der Waals surface area contributed by atoms with Gasteiger partial charge in [-0.3, -0.25) is 0 Å². The standard InChI is InChI=1S/C13H9FN2S/c14-12-7-10(8-15)4-5-11(12)9-17-13-3-1-2-6-16-13/h1-7H,9H2. The van der Waals surface area contributed by atoms with Gasteiger partial charge in [0.05, 0.1) is 16.7 Å². The Balaban J connectivity index is 2.08. The summed E-state index contributed by atoms with van der Waals surface area (Å²) in [4.78, 5) is 4.15. The third-order valence-corrected chi connectivity index (χ3v) is 3.19. The fourth-order valence-electron chi connectivity index (χ4n) is 1.32. The van der Waals surface area contributed by atoms with Gasteiger partial charge in [0.15, 0.2) is 0 Å². The maximum absolute atomic E-state index is 13.6. The summed E-state index contributed by atoms with van der Waals surface area (Å²) in [6.45, 7) is 0. The molecular formula is C13H9FN2S. The second-order valence-electron chi connectivity index (χ2n) is 3.37. The zero-order valence-corrected chi connectivity index (χ0v) is 9.75. The maximum atomic E-state index is 13.6. The van der Waals surface area contributed by atoms with Gasteiger partial charge in [-0.15, -0.1) is 11.8 Å². The number of hydrogen-bond acceptors (Lipinski definition) is 3. The lowest BCUT2D eigenvalue weighted by Crippen LogP contribution is -1.89. The Morgan fingerprint density at radius 2 is 2.18 bits per heavy atom. The first-order chi connectivity index (χ1) is 8.29. The zero-order valence-electron chi connectivity index (χ0n) is 8.93. The van der Waals surface area contributed by atoms with Gasteiger partial charge in [-0.25, -0.2) is 9.37 Å². The van der Waals surface area contributed by atoms with Crippen molar-refractivity contribution in [1.29, 1.82) is 5.26 Å². The third kappa shape index (κ3) is 3.05. The number of rotatable bonds is 3. The number of hydrogen-bond donors (Lipinski definition) is 0. The predicted octanol–water partition coefficient (Wildman–Crippen LogP) is 3.38. The van der Waals surface area contributed by atoms with Gasteiger partial charge in [-0.1, -0.05) is 12.1 Å². The second-order valence-corrected chi connectivity index (χ2v) is 4.37. The van der Waals surface area contributed by atoms with E-state index in [-0.39, 0.29) is 5.82 Å². The van der Waals surface area contributed by atoms with Crippen LogP contribution in [0, 0.1) is 17.1 Å². The number of aromatic nitrogens is 1. The van der Waals surface area contributed by atoms with E-state index in [1.54, 1.807) is 18.3 Å². The maximum Gasteiger partial charge on any atom is 0.128 e. The van der Waals surface area contributed by atoms with Gasteiger partial charge in [0.1, 0.15) is 5.82 Å². The van der Waals surface area contributed by atoms with Crippen LogP contribution in [0.4, 0.5) is 4.39 Å². The smallest absolute Gasteiger partial charge is 0.128 e. The van der Waals surface area contributed by atoms with Gasteiger partial charge in [0.25, 0.3) is 0 Å². The number of nitrogens with zero attached hydrogens (tertiary/aromatic N) is 2. The first-order valence-electron chi connectivity index (χ1n) is 5.02. The van der Waals surface area contributed by atoms with Gasteiger partial charge in [-0.05, 0) is 29.8 Å². The van der Waals surface area contributed by atoms with Crippen LogP contribution in [0.25, 0.3) is 0 Å². The second kappa shape index (κ2) is 5.46. The summed E-state index contributed by atoms with van der Waals surface area (Å²) in [6, 6.07) is 12.0. The predicted molar refractivity (Wildman–Crippen MR) is 64.9 cm³/mol. The fourth-order valence-corrected chi connectivity index (χ4v) is 2.17. The lowest BCUT2D eigenvalue weighted by atomic mass is 10.1. The van der Waals surface area contributed by atoms with Crippen LogP contribution >= 0.6 is 11.8 Å². The largest absolute Gasteiger partial charge is 0.250 e. The van der Waals surface area contributed by atoms with Crippen LogP contribution in [-0.4, -0.2) is 4.98 Å². The van der Waals surface area contributed by atoms with Crippen molar-refractivity contribution >= 4 is 11.8 Å². The molecule has 0 fully saturated rings. The third-order valence-electron chi connectivity index (χ3n) is 2.20. The van der Waals surface area contributed by atoms with Gasteiger partial charge < -0.3 is 0 Å². The van der Waals surface area contributed by atoms with E-state index in [0.717, 1.165) is 5.03 Å². The molecule has 0 bridgehead atoms. The molecule has 1 heterocycles. The average molecular weight is 244 g/mol. The van der Waals surface area contributed by atoms with E-state index in [4.69, 9.17) is 5.26 Å². The van der Waals surface area contributed by atoms with Gasteiger partial charge in [0.2, 0.25) is 0 Å². The van der Waals surface area contributed by atoms with Crippen LogP contribution in [0.2, 0.25) is 0 Å². The van der Waals surface area contributed by atoms with E-state index in [0.29, 0.717) is 16.9 Å². The van der Waals surface area contributed by atoms with E-state index in [1.807, 2.05) is 24.3 Å². The van der Waals surface area contributed by atoms with E-state index >= 15 is 0 Å². The molecule has 0 atom stereocenters. The molecule has 0 aliphatic heterocycles. The molecular weight excluding hydrogens is 235 g/mol. The first kappa shape index (κ1) is 11.6. The SMILES string of the molecule is N#Cc1ccc(CSc2ccccn2)c(F)c1. The molecule has 1 aromatic heterocycles. The first-order valence-corrected chi connectivity index (χ1v) is 6.00. The highest BCUT2D eigenvalue weighted by Gasteiger charge is 2.04. The van der Waals surface area contributed by atoms with Crippen LogP contribution in [0.5, 0.6) is 0 Å². The molecule has 17 heavy (non-hydrogen) atoms. The molecule has 0 unspecified atom stereocenters. The van der Waals surface area contributed by atoms with Crippen LogP contribution in [-0.2, 0) is 5.75 Å². The molecule has 84 valence electrons. The molecule has 0 aliphatic rings. The summed E-state index contributed by atoms with van der Waals surface area (Å²) in [5, 5.41) is 9.49. The minimum atomic E-state index is -0.340. The normalized spacial score (nSPS) is 9.88. The Bertz CT molecular complexity index is 549. The van der Waals surface area contributed by atoms with Crippen molar-refractivity contribution in [2.75, 3.05) is 0 Å². The Morgan fingerprint density at radius 3 is 2.82 bits per heavy atom. The number of benzene rings is 1. The minimum absolute atomic E-state index is 0.340. The molecule has 2 nitrogen and oxygen atoms in total. The van der Waals surface area contributed by atoms with Crippen LogP contribution in [0.15, 0.2) is 47.6 Å². The monoisotopic (exact) mass is 244 g/mol. The van der Waals surface area contributed by atoms with Crippen LogP contribution in [0.3, 0.4) is 0 Å². The minimum Gasteiger partial charge on any atom is -0.250 e. The molecule has 0 spiro atoms. The molecule has 2 aromatic rings. The van der Waals surface area contributed by atoms with Crippen molar-refractivity contribution in [3.05, 3.63) is 59.5 Å². The molecule has 0 saturated carbocycles. The zero-order chi connectivity index (χ0) is 12.1. The van der Waals surface area contributed by atoms with Crippen molar-refractivity contribution in [2.24, 2.45) is 0 Å². The van der Waals surface area contributed by atoms with Crippen molar-refractivity contribution in [1.82, 2.24) is 4.98 Å². The van der Waals surface area contributed by atoms with Crippen molar-refractivity contribution in [3.63, 3.8) is 0 Å². The van der Waals surface area contributed by atoms with Crippen molar-refractivity contribution in [3.8, 4) is 6.07 Å². The van der Waals surface area contributed by atoms with Gasteiger partial charge in [0, 0.05) is 11.9 Å². The Morgan fingerprint density at radius 1 is 1.29 bits per heavy atom. The van der Waals surface area contributed by atoms with Crippen LogP contribution in [0.1, 0.15) is 11.1 Å². The molecule has 0 amide bonds. The summed E-state index contributed by atoms with van der Waals surface area (Å²) < 4.78 is 13.6. The molecule has 0 radical (unpaired) electrons. The van der Waals surface area contributed by atoms with E-state index in [2.05, 4.69) is 4.98 Å². The molecule has 1 aromatic carbocycles. The van der Waals surface area contributed by atoms with E-state index in [9.17, 15) is 4.39 Å². The summed E-state index contributed by atoms with van der Waals surface area (Å²) in [7, 11) is 0. The van der Waals surface area contributed by atoms with Gasteiger partial charge in [-0.2, -0.15) is 5.26 Å². The molecule has 0 saturated heterocycles. The Hall–Kier alpha value is -1.86. The molecule has 2 rings (SSSR count). The lowest BCUT2D eigenvalue weighted by molar-refractivity contribution is 0.617. The van der Waals surface area contributed by atoms with E-state index in [1.165, 1.54) is 17.8 Å². The summed E-state index contributed by atoms with van der Waals surface area (Å²) >= 11 is 1.47. The van der Waals surface area contributed by atoms with Gasteiger partial charge >= 0.3 is 0 Å². The highest BCUT2D eigenvalue weighted by Crippen LogP contribution is 2.22. The highest BCUT2D eigenvalue weighted by molar-refractivity contribution is 7.98. The molecule has 0 N–H and O–H groups in total. The topological polar surface area (TPSA) is 36.7 Å². The number of nitriles is 1. The fraction of sp³-hybridized carbons (Fsp3) is 0.0769. The van der Waals surface area contributed by atoms with E-state index < -0.39 is 0 Å². The Labute approximate surface area is 103 Å². The molecule has 4 heteroatoms. The van der Waals surface area contributed by atoms with Crippen molar-refractivity contribution < 1.29 is 4.39 Å². The summed E-state index contributed by atoms with van der Waals surface area (Å²) in [5.41, 5.74) is 0.925. The number of thioether (sulfide) groups is 1. The molecule has 0 aliphatic carbocycles. The Kier molecular flexibility index (Phi) is 3.73. The van der Waals surface area contributed by atoms with Crippen LogP contribution < -0.4 is 0 Å². The quantitative estimate of drug-likeness (QED) is 0.776.